The number of hydrogen-bond donors (Lipinski definition) is 0. The summed E-state index contributed by atoms with van der Waals surface area (Å²) in [6.45, 7) is 4.77. The van der Waals surface area contributed by atoms with Gasteiger partial charge in [-0.1, -0.05) is 23.5 Å². The van der Waals surface area contributed by atoms with Gasteiger partial charge in [0.25, 0.3) is 5.91 Å². The van der Waals surface area contributed by atoms with Gasteiger partial charge in [0.15, 0.2) is 5.13 Å². The third-order valence-electron chi connectivity index (χ3n) is 4.29. The second-order valence-corrected chi connectivity index (χ2v) is 9.45. The monoisotopic (exact) mass is 451 g/mol. The van der Waals surface area contributed by atoms with Gasteiger partial charge in [0, 0.05) is 26.2 Å². The molecule has 0 aliphatic carbocycles. The van der Waals surface area contributed by atoms with Crippen LogP contribution in [0.25, 0.3) is 10.2 Å². The van der Waals surface area contributed by atoms with E-state index in [2.05, 4.69) is 20.8 Å². The van der Waals surface area contributed by atoms with Crippen LogP contribution in [0.4, 0.5) is 5.13 Å². The molecule has 0 N–H and O–H groups in total. The first-order valence-corrected chi connectivity index (χ1v) is 10.9. The molecule has 0 atom stereocenters. The van der Waals surface area contributed by atoms with Gasteiger partial charge >= 0.3 is 0 Å². The van der Waals surface area contributed by atoms with Crippen LogP contribution in [-0.2, 0) is 4.74 Å². The van der Waals surface area contributed by atoms with Crippen molar-refractivity contribution in [3.05, 3.63) is 45.1 Å². The molecule has 1 saturated heterocycles. The first-order valence-electron chi connectivity index (χ1n) is 8.43. The molecule has 0 unspecified atom stereocenters. The fourth-order valence-electron chi connectivity index (χ4n) is 2.89. The molecule has 2 aromatic heterocycles. The van der Waals surface area contributed by atoms with Gasteiger partial charge < -0.3 is 4.74 Å². The SMILES string of the molecule is O=C(c1ccc(Br)s1)N(CCN1CCOCC1)c1nc2ccccc2s1. The maximum Gasteiger partial charge on any atom is 0.270 e. The third kappa shape index (κ3) is 3.99. The summed E-state index contributed by atoms with van der Waals surface area (Å²) in [5.74, 6) is 0.00742. The second kappa shape index (κ2) is 8.14. The molecule has 1 fully saturated rings. The van der Waals surface area contributed by atoms with E-state index in [9.17, 15) is 4.79 Å². The van der Waals surface area contributed by atoms with E-state index in [0.717, 1.165) is 56.9 Å². The molecular formula is C18H18BrN3O2S2. The van der Waals surface area contributed by atoms with E-state index < -0.39 is 0 Å². The molecule has 3 heterocycles. The van der Waals surface area contributed by atoms with Crippen LogP contribution in [0.2, 0.25) is 0 Å². The Balaban J connectivity index is 1.60. The number of amides is 1. The Labute approximate surface area is 168 Å². The van der Waals surface area contributed by atoms with Gasteiger partial charge in [0.05, 0.1) is 32.1 Å². The molecule has 3 aromatic rings. The van der Waals surface area contributed by atoms with Crippen LogP contribution >= 0.6 is 38.6 Å². The number of morpholine rings is 1. The maximum atomic E-state index is 13.1. The quantitative estimate of drug-likeness (QED) is 0.585. The number of carbonyl (C=O) groups excluding carboxylic acids is 1. The summed E-state index contributed by atoms with van der Waals surface area (Å²) in [7, 11) is 0. The molecule has 1 aromatic carbocycles. The first kappa shape index (κ1) is 18.1. The number of ether oxygens (including phenoxy) is 1. The Morgan fingerprint density at radius 3 is 2.73 bits per heavy atom. The Morgan fingerprint density at radius 2 is 2.00 bits per heavy atom. The van der Waals surface area contributed by atoms with E-state index >= 15 is 0 Å². The maximum absolute atomic E-state index is 13.1. The van der Waals surface area contributed by atoms with Crippen molar-refractivity contribution in [2.75, 3.05) is 44.3 Å². The Kier molecular flexibility index (Phi) is 5.66. The van der Waals surface area contributed by atoms with E-state index in [1.54, 1.807) is 11.3 Å². The van der Waals surface area contributed by atoms with Gasteiger partial charge in [0.2, 0.25) is 0 Å². The molecule has 8 heteroatoms. The number of fused-ring (bicyclic) bond motifs is 1. The molecule has 0 radical (unpaired) electrons. The van der Waals surface area contributed by atoms with Gasteiger partial charge in [-0.2, -0.15) is 0 Å². The standard InChI is InChI=1S/C18H18BrN3O2S2/c19-16-6-5-15(25-16)17(23)22(8-7-21-9-11-24-12-10-21)18-20-13-3-1-2-4-14(13)26-18/h1-6H,7-12H2. The average Bonchev–Trinajstić information content (AvgIpc) is 3.28. The van der Waals surface area contributed by atoms with Crippen molar-refractivity contribution in [1.29, 1.82) is 0 Å². The zero-order valence-corrected chi connectivity index (χ0v) is 17.3. The first-order chi connectivity index (χ1) is 12.7. The van der Waals surface area contributed by atoms with E-state index in [1.807, 2.05) is 41.3 Å². The molecule has 0 spiro atoms. The highest BCUT2D eigenvalue weighted by Gasteiger charge is 2.23. The molecule has 5 nitrogen and oxygen atoms in total. The highest BCUT2D eigenvalue weighted by atomic mass is 79.9. The lowest BCUT2D eigenvalue weighted by Crippen LogP contribution is -2.43. The fourth-order valence-corrected chi connectivity index (χ4v) is 5.21. The number of rotatable bonds is 5. The lowest BCUT2D eigenvalue weighted by molar-refractivity contribution is 0.0391. The highest BCUT2D eigenvalue weighted by Crippen LogP contribution is 2.31. The number of halogens is 1. The molecule has 4 rings (SSSR count). The number of para-hydroxylation sites is 1. The Hall–Kier alpha value is -1.32. The second-order valence-electron chi connectivity index (χ2n) is 5.98. The molecule has 1 aliphatic rings. The normalized spacial score (nSPS) is 15.4. The number of benzene rings is 1. The molecule has 1 aliphatic heterocycles. The lowest BCUT2D eigenvalue weighted by Gasteiger charge is -2.29. The van der Waals surface area contributed by atoms with Crippen LogP contribution in [0.15, 0.2) is 40.2 Å². The molecule has 0 bridgehead atoms. The zero-order valence-electron chi connectivity index (χ0n) is 14.1. The summed E-state index contributed by atoms with van der Waals surface area (Å²) in [5.41, 5.74) is 0.934. The fraction of sp³-hybridized carbons (Fsp3) is 0.333. The van der Waals surface area contributed by atoms with Gasteiger partial charge in [-0.15, -0.1) is 11.3 Å². The minimum atomic E-state index is 0.00742. The number of aromatic nitrogens is 1. The van der Waals surface area contributed by atoms with E-state index in [-0.39, 0.29) is 5.91 Å². The lowest BCUT2D eigenvalue weighted by atomic mass is 10.3. The minimum Gasteiger partial charge on any atom is -0.379 e. The third-order valence-corrected chi connectivity index (χ3v) is 6.96. The molecule has 0 saturated carbocycles. The highest BCUT2D eigenvalue weighted by molar-refractivity contribution is 9.11. The van der Waals surface area contributed by atoms with E-state index in [0.29, 0.717) is 6.54 Å². The summed E-state index contributed by atoms with van der Waals surface area (Å²) < 4.78 is 7.47. The largest absolute Gasteiger partial charge is 0.379 e. The number of anilines is 1. The molecule has 26 heavy (non-hydrogen) atoms. The van der Waals surface area contributed by atoms with Crippen molar-refractivity contribution in [2.45, 2.75) is 0 Å². The summed E-state index contributed by atoms with van der Waals surface area (Å²) in [6, 6.07) is 11.8. The van der Waals surface area contributed by atoms with Crippen molar-refractivity contribution in [3.8, 4) is 0 Å². The van der Waals surface area contributed by atoms with Crippen molar-refractivity contribution in [1.82, 2.24) is 9.88 Å². The van der Waals surface area contributed by atoms with Crippen molar-refractivity contribution >= 4 is 59.9 Å². The summed E-state index contributed by atoms with van der Waals surface area (Å²) in [4.78, 5) is 22.7. The smallest absolute Gasteiger partial charge is 0.270 e. The topological polar surface area (TPSA) is 45.7 Å². The number of nitrogens with zero attached hydrogens (tertiary/aromatic N) is 3. The van der Waals surface area contributed by atoms with E-state index in [1.165, 1.54) is 11.3 Å². The van der Waals surface area contributed by atoms with E-state index in [4.69, 9.17) is 9.72 Å². The number of hydrogen-bond acceptors (Lipinski definition) is 6. The summed E-state index contributed by atoms with van der Waals surface area (Å²) >= 11 is 6.47. The van der Waals surface area contributed by atoms with Crippen LogP contribution < -0.4 is 4.90 Å². The Morgan fingerprint density at radius 1 is 1.19 bits per heavy atom. The van der Waals surface area contributed by atoms with Gasteiger partial charge in [-0.3, -0.25) is 14.6 Å². The van der Waals surface area contributed by atoms with Crippen molar-refractivity contribution in [2.24, 2.45) is 0 Å². The van der Waals surface area contributed by atoms with Crippen molar-refractivity contribution in [3.63, 3.8) is 0 Å². The summed E-state index contributed by atoms with van der Waals surface area (Å²) in [6.07, 6.45) is 0. The summed E-state index contributed by atoms with van der Waals surface area (Å²) in [5, 5.41) is 0.758. The van der Waals surface area contributed by atoms with Crippen LogP contribution in [0, 0.1) is 0 Å². The molecule has 136 valence electrons. The van der Waals surface area contributed by atoms with Crippen LogP contribution in [0.3, 0.4) is 0 Å². The number of carbonyl (C=O) groups is 1. The predicted molar refractivity (Wildman–Crippen MR) is 111 cm³/mol. The van der Waals surface area contributed by atoms with Crippen LogP contribution in [-0.4, -0.2) is 55.2 Å². The molecular weight excluding hydrogens is 434 g/mol. The Bertz CT molecular complexity index is 872. The van der Waals surface area contributed by atoms with Crippen LogP contribution in [0.1, 0.15) is 9.67 Å². The van der Waals surface area contributed by atoms with Gasteiger partial charge in [-0.05, 0) is 40.2 Å². The van der Waals surface area contributed by atoms with Gasteiger partial charge in [-0.25, -0.2) is 4.98 Å². The van der Waals surface area contributed by atoms with Gasteiger partial charge in [0.1, 0.15) is 0 Å². The number of thiophene rings is 1. The van der Waals surface area contributed by atoms with Crippen LogP contribution in [0.5, 0.6) is 0 Å². The minimum absolute atomic E-state index is 0.00742. The molecule has 1 amide bonds. The van der Waals surface area contributed by atoms with Crippen molar-refractivity contribution < 1.29 is 9.53 Å². The number of thiazole rings is 1. The average molecular weight is 452 g/mol. The zero-order chi connectivity index (χ0) is 17.9. The predicted octanol–water partition coefficient (Wildman–Crippen LogP) is 4.10.